The molecule has 9 nitrogen and oxygen atoms in total. The number of nitrogens with zero attached hydrogens (tertiary/aromatic N) is 6. The number of aromatic nitrogens is 5. The van der Waals surface area contributed by atoms with E-state index in [4.69, 9.17) is 10.5 Å². The van der Waals surface area contributed by atoms with Gasteiger partial charge in [-0.2, -0.15) is 10.4 Å². The molecule has 4 aromatic rings. The van der Waals surface area contributed by atoms with Crippen LogP contribution in [0, 0.1) is 17.1 Å². The number of nitrogens with two attached hydrogens (primary N) is 1. The molecule has 3 aromatic heterocycles. The van der Waals surface area contributed by atoms with Crippen molar-refractivity contribution in [1.82, 2.24) is 23.9 Å². The molecule has 5 rings (SSSR count). The van der Waals surface area contributed by atoms with Crippen molar-refractivity contribution in [3.8, 4) is 28.6 Å². The first kappa shape index (κ1) is 20.5. The highest BCUT2D eigenvalue weighted by atomic mass is 19.1. The Kier molecular flexibility index (Phi) is 4.56. The maximum atomic E-state index is 14.3. The molecule has 0 fully saturated rings. The Morgan fingerprint density at radius 2 is 2.09 bits per heavy atom. The number of aryl methyl sites for hydroxylation is 2. The highest BCUT2D eigenvalue weighted by molar-refractivity contribution is 5.74. The van der Waals surface area contributed by atoms with Crippen LogP contribution in [0.4, 0.5) is 10.2 Å². The van der Waals surface area contributed by atoms with Gasteiger partial charge in [0.05, 0.1) is 17.1 Å². The number of hydrogen-bond acceptors (Lipinski definition) is 6. The van der Waals surface area contributed by atoms with Crippen molar-refractivity contribution in [2.75, 3.05) is 5.73 Å². The molecular weight excluding hydrogens is 425 g/mol. The molecular formula is C23H20FN7O2. The zero-order valence-electron chi connectivity index (χ0n) is 18.2. The fourth-order valence-corrected chi connectivity index (χ4v) is 4.30. The second-order valence-corrected chi connectivity index (χ2v) is 8.00. The molecule has 2 N–H and O–H groups in total. The highest BCUT2D eigenvalue weighted by Gasteiger charge is 2.26. The average molecular weight is 445 g/mol. The molecule has 0 spiro atoms. The first-order chi connectivity index (χ1) is 15.8. The van der Waals surface area contributed by atoms with Gasteiger partial charge in [-0.15, -0.1) is 0 Å². The second-order valence-electron chi connectivity index (χ2n) is 8.00. The minimum Gasteiger partial charge on any atom is -0.482 e. The number of ether oxygens (including phenoxy) is 1. The summed E-state index contributed by atoms with van der Waals surface area (Å²) in [5.74, 6) is -0.00965. The van der Waals surface area contributed by atoms with E-state index in [0.717, 1.165) is 0 Å². The largest absolute Gasteiger partial charge is 0.482 e. The van der Waals surface area contributed by atoms with E-state index in [1.807, 2.05) is 0 Å². The standard InChI is InChI=1S/C23H20FN7O2/c1-12-16-7-14(24)4-5-18(16)31-15(11-29(2)23(31)32)8-17-21(19(9-25)30(3)28-17)13-6-20(33-12)22(26)27-10-13/h4-7,10-12H,8H2,1-3H3,(H2,26,27). The Morgan fingerprint density at radius 3 is 2.85 bits per heavy atom. The van der Waals surface area contributed by atoms with Gasteiger partial charge in [0, 0.05) is 49.6 Å². The van der Waals surface area contributed by atoms with Crippen LogP contribution >= 0.6 is 0 Å². The van der Waals surface area contributed by atoms with Crippen molar-refractivity contribution in [2.24, 2.45) is 14.1 Å². The molecule has 0 saturated carbocycles. The maximum absolute atomic E-state index is 14.3. The second kappa shape index (κ2) is 7.34. The number of nitrogen functional groups attached to an aromatic ring is 1. The molecule has 0 saturated heterocycles. The first-order valence-corrected chi connectivity index (χ1v) is 10.2. The molecule has 1 unspecified atom stereocenters. The molecule has 1 aliphatic heterocycles. The Labute approximate surface area is 188 Å². The van der Waals surface area contributed by atoms with E-state index in [0.29, 0.717) is 39.5 Å². The molecule has 4 heterocycles. The quantitative estimate of drug-likeness (QED) is 0.445. The van der Waals surface area contributed by atoms with Crippen LogP contribution < -0.4 is 16.2 Å². The van der Waals surface area contributed by atoms with Gasteiger partial charge < -0.3 is 15.0 Å². The summed E-state index contributed by atoms with van der Waals surface area (Å²) in [6.07, 6.45) is 2.88. The monoisotopic (exact) mass is 445 g/mol. The molecule has 1 aromatic carbocycles. The van der Waals surface area contributed by atoms with E-state index < -0.39 is 11.9 Å². The van der Waals surface area contributed by atoms with Crippen molar-refractivity contribution >= 4 is 5.82 Å². The summed E-state index contributed by atoms with van der Waals surface area (Å²) in [6, 6.07) is 8.11. The number of rotatable bonds is 0. The number of fused-ring (bicyclic) bond motifs is 7. The average Bonchev–Trinajstić information content (AvgIpc) is 3.24. The van der Waals surface area contributed by atoms with Crippen LogP contribution in [0.2, 0.25) is 0 Å². The van der Waals surface area contributed by atoms with Gasteiger partial charge in [0.2, 0.25) is 0 Å². The summed E-state index contributed by atoms with van der Waals surface area (Å²) in [6.45, 7) is 1.75. The molecule has 1 aliphatic rings. The van der Waals surface area contributed by atoms with Crippen LogP contribution in [0.1, 0.15) is 35.7 Å². The van der Waals surface area contributed by atoms with Crippen LogP contribution in [-0.2, 0) is 20.5 Å². The fourth-order valence-electron chi connectivity index (χ4n) is 4.30. The van der Waals surface area contributed by atoms with E-state index in [2.05, 4.69) is 16.2 Å². The van der Waals surface area contributed by atoms with E-state index >= 15 is 0 Å². The number of hydrogen-bond donors (Lipinski definition) is 1. The van der Waals surface area contributed by atoms with Crippen molar-refractivity contribution in [2.45, 2.75) is 19.4 Å². The summed E-state index contributed by atoms with van der Waals surface area (Å²) >= 11 is 0. The lowest BCUT2D eigenvalue weighted by Crippen LogP contribution is -2.24. The van der Waals surface area contributed by atoms with E-state index in [9.17, 15) is 14.4 Å². The Hall–Kier alpha value is -4.39. The topological polar surface area (TPSA) is 117 Å². The first-order valence-electron chi connectivity index (χ1n) is 10.2. The summed E-state index contributed by atoms with van der Waals surface area (Å²) in [5, 5.41) is 14.4. The summed E-state index contributed by atoms with van der Waals surface area (Å²) < 4.78 is 24.9. The zero-order chi connectivity index (χ0) is 23.4. The lowest BCUT2D eigenvalue weighted by Gasteiger charge is -2.21. The Bertz CT molecular complexity index is 1520. The zero-order valence-corrected chi connectivity index (χ0v) is 18.2. The van der Waals surface area contributed by atoms with Gasteiger partial charge in [0.1, 0.15) is 23.7 Å². The summed E-state index contributed by atoms with van der Waals surface area (Å²) in [4.78, 5) is 17.4. The van der Waals surface area contributed by atoms with Crippen LogP contribution in [0.3, 0.4) is 0 Å². The summed E-state index contributed by atoms with van der Waals surface area (Å²) in [7, 11) is 3.33. The third-order valence-electron chi connectivity index (χ3n) is 5.84. The Morgan fingerprint density at radius 1 is 1.30 bits per heavy atom. The molecule has 10 heteroatoms. The van der Waals surface area contributed by atoms with Gasteiger partial charge in [-0.25, -0.2) is 14.2 Å². The fraction of sp³-hybridized carbons (Fsp3) is 0.217. The van der Waals surface area contributed by atoms with Crippen molar-refractivity contribution in [3.05, 3.63) is 75.6 Å². The Balaban J connectivity index is 1.88. The molecule has 0 radical (unpaired) electrons. The molecule has 1 atom stereocenters. The van der Waals surface area contributed by atoms with E-state index in [-0.39, 0.29) is 23.7 Å². The number of halogens is 1. The third-order valence-corrected chi connectivity index (χ3v) is 5.84. The van der Waals surface area contributed by atoms with Gasteiger partial charge in [-0.05, 0) is 31.2 Å². The van der Waals surface area contributed by atoms with Gasteiger partial charge in [0.25, 0.3) is 0 Å². The number of anilines is 1. The minimum atomic E-state index is -0.654. The maximum Gasteiger partial charge on any atom is 0.332 e. The normalized spacial score (nSPS) is 14.7. The number of imidazole rings is 1. The van der Waals surface area contributed by atoms with Gasteiger partial charge >= 0.3 is 5.69 Å². The third kappa shape index (κ3) is 3.17. The number of nitriles is 1. The SMILES string of the molecule is CC1Oc2cc(cnc2N)-c2c(nn(C)c2C#N)Cc2cn(C)c(=O)n2-c2ccc(F)cc21. The number of pyridine rings is 1. The highest BCUT2D eigenvalue weighted by Crippen LogP contribution is 2.36. The molecule has 33 heavy (non-hydrogen) atoms. The molecule has 0 amide bonds. The van der Waals surface area contributed by atoms with Crippen LogP contribution in [0.15, 0.2) is 41.5 Å². The van der Waals surface area contributed by atoms with Gasteiger partial charge in [-0.3, -0.25) is 9.25 Å². The molecule has 0 aliphatic carbocycles. The predicted octanol–water partition coefficient (Wildman–Crippen LogP) is 2.61. The van der Waals surface area contributed by atoms with Crippen molar-refractivity contribution in [3.63, 3.8) is 0 Å². The van der Waals surface area contributed by atoms with Gasteiger partial charge in [-0.1, -0.05) is 0 Å². The molecule has 2 bridgehead atoms. The predicted molar refractivity (Wildman–Crippen MR) is 118 cm³/mol. The lowest BCUT2D eigenvalue weighted by atomic mass is 10.0. The smallest absolute Gasteiger partial charge is 0.332 e. The number of benzene rings is 1. The van der Waals surface area contributed by atoms with Crippen molar-refractivity contribution < 1.29 is 9.13 Å². The van der Waals surface area contributed by atoms with Crippen LogP contribution in [0.5, 0.6) is 5.75 Å². The lowest BCUT2D eigenvalue weighted by molar-refractivity contribution is 0.227. The van der Waals surface area contributed by atoms with Crippen LogP contribution in [-0.4, -0.2) is 23.9 Å². The van der Waals surface area contributed by atoms with Crippen LogP contribution in [0.25, 0.3) is 16.8 Å². The van der Waals surface area contributed by atoms with E-state index in [1.54, 1.807) is 45.5 Å². The van der Waals surface area contributed by atoms with E-state index in [1.165, 1.54) is 25.9 Å². The van der Waals surface area contributed by atoms with Gasteiger partial charge in [0.15, 0.2) is 11.6 Å². The molecule has 166 valence electrons. The van der Waals surface area contributed by atoms with Crippen molar-refractivity contribution in [1.29, 1.82) is 5.26 Å². The minimum absolute atomic E-state index is 0.155. The summed E-state index contributed by atoms with van der Waals surface area (Å²) in [5.41, 5.74) is 9.52.